The van der Waals surface area contributed by atoms with Crippen LogP contribution in [0.1, 0.15) is 0 Å². The van der Waals surface area contributed by atoms with E-state index in [2.05, 4.69) is 0 Å². The molecule has 11 heavy (non-hydrogen) atoms. The fraction of sp³-hybridized carbons (Fsp3) is 0. The van der Waals surface area contributed by atoms with Crippen molar-refractivity contribution in [3.8, 4) is 5.75 Å². The van der Waals surface area contributed by atoms with Gasteiger partial charge in [-0.3, -0.25) is 0 Å². The summed E-state index contributed by atoms with van der Waals surface area (Å²) in [5.41, 5.74) is -0.329. The number of aromatic hydroxyl groups is 1. The number of benzene rings is 1. The van der Waals surface area contributed by atoms with Crippen LogP contribution in [0.2, 0.25) is 0 Å². The van der Waals surface area contributed by atoms with Gasteiger partial charge in [0.2, 0.25) is 0 Å². The molecule has 1 aromatic carbocycles. The highest BCUT2D eigenvalue weighted by Gasteiger charge is 2.16. The molecule has 0 unspecified atom stereocenters. The summed E-state index contributed by atoms with van der Waals surface area (Å²) in [6, 6.07) is 3.05. The van der Waals surface area contributed by atoms with Gasteiger partial charge in [0.1, 0.15) is 11.6 Å². The Morgan fingerprint density at radius 2 is 1.91 bits per heavy atom. The molecule has 1 rings (SSSR count). The van der Waals surface area contributed by atoms with Gasteiger partial charge in [0.25, 0.3) is 0 Å². The molecule has 58 valence electrons. The van der Waals surface area contributed by atoms with Crippen LogP contribution in [0.15, 0.2) is 18.2 Å². The highest BCUT2D eigenvalue weighted by atomic mass is 19.1. The maximum atomic E-state index is 12.6. The quantitative estimate of drug-likeness (QED) is 0.467. The van der Waals surface area contributed by atoms with Crippen molar-refractivity contribution in [2.45, 2.75) is 0 Å². The Kier molecular flexibility index (Phi) is 2.12. The standard InChI is InChI=1S/C6H6BFO3/c8-6-2-1-4(9)3-5(6)7(10)11/h1-3,9-11H. The lowest BCUT2D eigenvalue weighted by atomic mass is 9.80. The van der Waals surface area contributed by atoms with Crippen molar-refractivity contribution < 1.29 is 19.5 Å². The first-order chi connectivity index (χ1) is 5.11. The second kappa shape index (κ2) is 2.90. The van der Waals surface area contributed by atoms with Crippen molar-refractivity contribution in [3.63, 3.8) is 0 Å². The zero-order valence-corrected chi connectivity index (χ0v) is 5.53. The minimum absolute atomic E-state index is 0.200. The molecular weight excluding hydrogens is 150 g/mol. The van der Waals surface area contributed by atoms with Crippen LogP contribution in [-0.2, 0) is 0 Å². The lowest BCUT2D eigenvalue weighted by Gasteiger charge is -2.00. The lowest BCUT2D eigenvalue weighted by Crippen LogP contribution is -2.32. The Hall–Kier alpha value is -1.07. The van der Waals surface area contributed by atoms with Crippen LogP contribution in [0, 0.1) is 5.82 Å². The van der Waals surface area contributed by atoms with Crippen molar-refractivity contribution >= 4 is 12.6 Å². The molecule has 0 heterocycles. The summed E-state index contributed by atoms with van der Waals surface area (Å²) in [6.45, 7) is 0. The zero-order chi connectivity index (χ0) is 8.43. The lowest BCUT2D eigenvalue weighted by molar-refractivity contribution is 0.421. The van der Waals surface area contributed by atoms with Gasteiger partial charge in [-0.2, -0.15) is 0 Å². The molecule has 3 nitrogen and oxygen atoms in total. The molecule has 0 saturated heterocycles. The summed E-state index contributed by atoms with van der Waals surface area (Å²) >= 11 is 0. The minimum Gasteiger partial charge on any atom is -0.508 e. The van der Waals surface area contributed by atoms with Crippen LogP contribution >= 0.6 is 0 Å². The first-order valence-electron chi connectivity index (χ1n) is 2.96. The van der Waals surface area contributed by atoms with Gasteiger partial charge in [-0.05, 0) is 18.2 Å². The highest BCUT2D eigenvalue weighted by Crippen LogP contribution is 2.06. The molecule has 0 bridgehead atoms. The molecular formula is C6H6BFO3. The summed E-state index contributed by atoms with van der Waals surface area (Å²) in [6.07, 6.45) is 0. The van der Waals surface area contributed by atoms with Crippen molar-refractivity contribution in [3.05, 3.63) is 24.0 Å². The van der Waals surface area contributed by atoms with E-state index < -0.39 is 12.9 Å². The molecule has 0 radical (unpaired) electrons. The fourth-order valence-electron chi connectivity index (χ4n) is 0.729. The minimum atomic E-state index is -1.89. The van der Waals surface area contributed by atoms with E-state index in [9.17, 15) is 4.39 Å². The van der Waals surface area contributed by atoms with Gasteiger partial charge >= 0.3 is 7.12 Å². The Bertz CT molecular complexity index is 264. The van der Waals surface area contributed by atoms with Crippen LogP contribution in [-0.4, -0.2) is 22.3 Å². The summed E-state index contributed by atoms with van der Waals surface area (Å²) in [5, 5.41) is 25.9. The average Bonchev–Trinajstić information content (AvgIpc) is 1.94. The maximum Gasteiger partial charge on any atom is 0.491 e. The molecule has 0 aliphatic rings. The van der Waals surface area contributed by atoms with E-state index in [-0.39, 0.29) is 11.2 Å². The monoisotopic (exact) mass is 156 g/mol. The summed E-state index contributed by atoms with van der Waals surface area (Å²) in [5.74, 6) is -0.952. The predicted octanol–water partition coefficient (Wildman–Crippen LogP) is -0.789. The third-order valence-electron chi connectivity index (χ3n) is 1.26. The van der Waals surface area contributed by atoms with E-state index in [4.69, 9.17) is 15.2 Å². The van der Waals surface area contributed by atoms with Crippen LogP contribution in [0.25, 0.3) is 0 Å². The van der Waals surface area contributed by atoms with E-state index in [1.807, 2.05) is 0 Å². The number of hydrogen-bond donors (Lipinski definition) is 3. The molecule has 0 atom stereocenters. The molecule has 0 aromatic heterocycles. The molecule has 0 saturated carbocycles. The summed E-state index contributed by atoms with van der Waals surface area (Å²) in [7, 11) is -1.89. The van der Waals surface area contributed by atoms with E-state index >= 15 is 0 Å². The van der Waals surface area contributed by atoms with E-state index in [0.29, 0.717) is 0 Å². The summed E-state index contributed by atoms with van der Waals surface area (Å²) < 4.78 is 12.6. The number of halogens is 1. The SMILES string of the molecule is OB(O)c1cc(O)ccc1F. The van der Waals surface area contributed by atoms with Gasteiger partial charge in [-0.25, -0.2) is 4.39 Å². The van der Waals surface area contributed by atoms with Gasteiger partial charge in [0.05, 0.1) is 0 Å². The molecule has 3 N–H and O–H groups in total. The number of hydrogen-bond acceptors (Lipinski definition) is 3. The first-order valence-corrected chi connectivity index (χ1v) is 2.96. The number of phenols is 1. The Morgan fingerprint density at radius 1 is 1.27 bits per heavy atom. The molecule has 0 aliphatic heterocycles. The maximum absolute atomic E-state index is 12.6. The second-order valence-corrected chi connectivity index (χ2v) is 2.08. The Balaban J connectivity index is 3.13. The highest BCUT2D eigenvalue weighted by molar-refractivity contribution is 6.58. The van der Waals surface area contributed by atoms with Crippen molar-refractivity contribution in [1.82, 2.24) is 0 Å². The van der Waals surface area contributed by atoms with Gasteiger partial charge in [-0.1, -0.05) is 0 Å². The molecule has 1 aromatic rings. The average molecular weight is 156 g/mol. The fourth-order valence-corrected chi connectivity index (χ4v) is 0.729. The Morgan fingerprint density at radius 3 is 2.36 bits per heavy atom. The summed E-state index contributed by atoms with van der Waals surface area (Å²) in [4.78, 5) is 0. The van der Waals surface area contributed by atoms with Crippen LogP contribution in [0.4, 0.5) is 4.39 Å². The zero-order valence-electron chi connectivity index (χ0n) is 5.53. The van der Waals surface area contributed by atoms with E-state index in [0.717, 1.165) is 18.2 Å². The largest absolute Gasteiger partial charge is 0.508 e. The predicted molar refractivity (Wildman–Crippen MR) is 37.9 cm³/mol. The number of rotatable bonds is 1. The Labute approximate surface area is 62.9 Å². The third-order valence-corrected chi connectivity index (χ3v) is 1.26. The van der Waals surface area contributed by atoms with Gasteiger partial charge in [0.15, 0.2) is 0 Å². The van der Waals surface area contributed by atoms with Crippen LogP contribution < -0.4 is 5.46 Å². The topological polar surface area (TPSA) is 60.7 Å². The molecule has 0 amide bonds. The van der Waals surface area contributed by atoms with Gasteiger partial charge in [-0.15, -0.1) is 0 Å². The van der Waals surface area contributed by atoms with Gasteiger partial charge < -0.3 is 15.2 Å². The van der Waals surface area contributed by atoms with Gasteiger partial charge in [0, 0.05) is 5.46 Å². The molecule has 0 fully saturated rings. The van der Waals surface area contributed by atoms with Crippen LogP contribution in [0.3, 0.4) is 0 Å². The van der Waals surface area contributed by atoms with E-state index in [1.54, 1.807) is 0 Å². The molecule has 0 aliphatic carbocycles. The molecule has 0 spiro atoms. The third kappa shape index (κ3) is 1.69. The smallest absolute Gasteiger partial charge is 0.491 e. The second-order valence-electron chi connectivity index (χ2n) is 2.08. The van der Waals surface area contributed by atoms with Crippen molar-refractivity contribution in [1.29, 1.82) is 0 Å². The van der Waals surface area contributed by atoms with Crippen molar-refractivity contribution in [2.75, 3.05) is 0 Å². The van der Waals surface area contributed by atoms with Crippen LogP contribution in [0.5, 0.6) is 5.75 Å². The number of phenolic OH excluding ortho intramolecular Hbond substituents is 1. The van der Waals surface area contributed by atoms with E-state index in [1.165, 1.54) is 0 Å². The first kappa shape index (κ1) is 8.04. The normalized spacial score (nSPS) is 9.73. The molecule has 5 heteroatoms. The van der Waals surface area contributed by atoms with Crippen molar-refractivity contribution in [2.24, 2.45) is 0 Å².